The van der Waals surface area contributed by atoms with Crippen LogP contribution in [0.5, 0.6) is 0 Å². The van der Waals surface area contributed by atoms with E-state index in [2.05, 4.69) is 10.3 Å². The van der Waals surface area contributed by atoms with Gasteiger partial charge in [0.2, 0.25) is 0 Å². The monoisotopic (exact) mass is 418 g/mol. The first-order chi connectivity index (χ1) is 14.4. The second-order valence-electron chi connectivity index (χ2n) is 6.86. The third-order valence-corrected chi connectivity index (χ3v) is 5.43. The van der Waals surface area contributed by atoms with Crippen LogP contribution < -0.4 is 5.32 Å². The molecule has 1 aliphatic rings. The molecule has 1 fully saturated rings. The average molecular weight is 418 g/mol. The number of thioether (sulfide) groups is 1. The summed E-state index contributed by atoms with van der Waals surface area (Å²) in [5.74, 6) is -0.219. The highest BCUT2D eigenvalue weighted by Crippen LogP contribution is 2.31. The molecular formula is C23H18N2O4S. The molecule has 4 rings (SSSR count). The first-order valence-corrected chi connectivity index (χ1v) is 10.0. The minimum Gasteiger partial charge on any atom is -0.478 e. The number of hydrogen-bond donors (Lipinski definition) is 2. The fourth-order valence-electron chi connectivity index (χ4n) is 3.04. The van der Waals surface area contributed by atoms with E-state index in [1.165, 1.54) is 17.8 Å². The number of nitrogens with one attached hydrogen (secondary N) is 1. The van der Waals surface area contributed by atoms with Crippen molar-refractivity contribution in [3.63, 3.8) is 0 Å². The van der Waals surface area contributed by atoms with Crippen LogP contribution in [0.15, 0.2) is 68.9 Å². The Hall–Kier alpha value is -3.58. The van der Waals surface area contributed by atoms with Gasteiger partial charge in [-0.15, -0.1) is 0 Å². The zero-order valence-corrected chi connectivity index (χ0v) is 17.1. The number of carboxylic acid groups (broad SMARTS) is 1. The van der Waals surface area contributed by atoms with E-state index in [4.69, 9.17) is 9.52 Å². The smallest absolute Gasteiger partial charge is 0.335 e. The standard InChI is InChI=1S/C23H18N2O4S/c1-13-6-8-18(14(2)10-13)24-23-25-21(26)20(30-23)12-17-7-9-19(29-17)15-4-3-5-16(11-15)22(27)28/h3-12H,1-2H3,(H,27,28)(H,24,25,26)/b20-12-. The van der Waals surface area contributed by atoms with Gasteiger partial charge in [-0.3, -0.25) is 4.79 Å². The molecule has 2 N–H and O–H groups in total. The number of aromatic carboxylic acids is 1. The number of furan rings is 1. The van der Waals surface area contributed by atoms with Crippen molar-refractivity contribution in [3.8, 4) is 11.3 Å². The zero-order chi connectivity index (χ0) is 21.3. The number of carbonyl (C=O) groups is 2. The lowest BCUT2D eigenvalue weighted by Gasteiger charge is -2.02. The van der Waals surface area contributed by atoms with Crippen LogP contribution in [0.1, 0.15) is 27.2 Å². The summed E-state index contributed by atoms with van der Waals surface area (Å²) in [7, 11) is 0. The van der Waals surface area contributed by atoms with Crippen molar-refractivity contribution in [3.05, 3.63) is 82.0 Å². The van der Waals surface area contributed by atoms with E-state index in [-0.39, 0.29) is 11.5 Å². The minimum atomic E-state index is -1.000. The summed E-state index contributed by atoms with van der Waals surface area (Å²) in [6.07, 6.45) is 1.65. The van der Waals surface area contributed by atoms with Gasteiger partial charge >= 0.3 is 5.97 Å². The first kappa shape index (κ1) is 19.7. The van der Waals surface area contributed by atoms with Gasteiger partial charge in [0.1, 0.15) is 11.5 Å². The van der Waals surface area contributed by atoms with Crippen LogP contribution >= 0.6 is 11.8 Å². The van der Waals surface area contributed by atoms with E-state index in [9.17, 15) is 9.59 Å². The maximum Gasteiger partial charge on any atom is 0.335 e. The van der Waals surface area contributed by atoms with E-state index in [1.54, 1.807) is 36.4 Å². The molecule has 30 heavy (non-hydrogen) atoms. The second kappa shape index (κ2) is 8.04. The van der Waals surface area contributed by atoms with Crippen molar-refractivity contribution < 1.29 is 19.1 Å². The quantitative estimate of drug-likeness (QED) is 0.572. The maximum absolute atomic E-state index is 12.3. The van der Waals surface area contributed by atoms with Crippen molar-refractivity contribution >= 4 is 40.6 Å². The fraction of sp³-hybridized carbons (Fsp3) is 0.0870. The largest absolute Gasteiger partial charge is 0.478 e. The Morgan fingerprint density at radius 1 is 1.13 bits per heavy atom. The molecule has 0 unspecified atom stereocenters. The predicted octanol–water partition coefficient (Wildman–Crippen LogP) is 5.15. The number of carbonyl (C=O) groups excluding carboxylic acids is 1. The van der Waals surface area contributed by atoms with E-state index in [0.717, 1.165) is 16.8 Å². The second-order valence-corrected chi connectivity index (χ2v) is 7.89. The molecule has 0 atom stereocenters. The lowest BCUT2D eigenvalue weighted by molar-refractivity contribution is -0.115. The number of aliphatic imine (C=N–C) groups is 1. The first-order valence-electron chi connectivity index (χ1n) is 9.19. The van der Waals surface area contributed by atoms with Crippen molar-refractivity contribution in [2.24, 2.45) is 4.99 Å². The molecule has 6 nitrogen and oxygen atoms in total. The van der Waals surface area contributed by atoms with Crippen LogP contribution in [-0.4, -0.2) is 22.2 Å². The highest BCUT2D eigenvalue weighted by Gasteiger charge is 2.24. The third kappa shape index (κ3) is 4.21. The van der Waals surface area contributed by atoms with Crippen LogP contribution in [0, 0.1) is 13.8 Å². The van der Waals surface area contributed by atoms with Gasteiger partial charge in [0.15, 0.2) is 5.17 Å². The summed E-state index contributed by atoms with van der Waals surface area (Å²) < 4.78 is 5.80. The van der Waals surface area contributed by atoms with Gasteiger partial charge in [0.25, 0.3) is 5.91 Å². The lowest BCUT2D eigenvalue weighted by atomic mass is 10.1. The molecule has 7 heteroatoms. The molecule has 2 heterocycles. The molecule has 150 valence electrons. The SMILES string of the molecule is Cc1ccc(N=C2NC(=O)/C(=C/c3ccc(-c4cccc(C(=O)O)c4)o3)S2)c(C)c1. The topological polar surface area (TPSA) is 91.9 Å². The van der Waals surface area contributed by atoms with Crippen molar-refractivity contribution in [1.82, 2.24) is 5.32 Å². The van der Waals surface area contributed by atoms with Gasteiger partial charge in [-0.25, -0.2) is 9.79 Å². The van der Waals surface area contributed by atoms with Gasteiger partial charge in [-0.2, -0.15) is 0 Å². The van der Waals surface area contributed by atoms with E-state index >= 15 is 0 Å². The average Bonchev–Trinajstić information content (AvgIpc) is 3.31. The number of amides is 1. The fourth-order valence-corrected chi connectivity index (χ4v) is 3.86. The number of aryl methyl sites for hydroxylation is 2. The minimum absolute atomic E-state index is 0.182. The number of nitrogens with zero attached hydrogens (tertiary/aromatic N) is 1. The summed E-state index contributed by atoms with van der Waals surface area (Å²) >= 11 is 1.25. The normalized spacial score (nSPS) is 16.3. The molecule has 3 aromatic rings. The Labute approximate surface area is 177 Å². The van der Waals surface area contributed by atoms with Gasteiger partial charge in [0.05, 0.1) is 16.2 Å². The number of rotatable bonds is 4. The molecule has 0 aliphatic carbocycles. The van der Waals surface area contributed by atoms with Crippen LogP contribution in [0.4, 0.5) is 5.69 Å². The molecule has 0 spiro atoms. The summed E-state index contributed by atoms with van der Waals surface area (Å²) in [6, 6.07) is 15.9. The summed E-state index contributed by atoms with van der Waals surface area (Å²) in [5.41, 5.74) is 3.84. The Bertz CT molecular complexity index is 1220. The Kier molecular flexibility index (Phi) is 5.29. The van der Waals surface area contributed by atoms with E-state index < -0.39 is 5.97 Å². The van der Waals surface area contributed by atoms with Crippen molar-refractivity contribution in [2.75, 3.05) is 0 Å². The number of carboxylic acids is 1. The zero-order valence-electron chi connectivity index (χ0n) is 16.3. The van der Waals surface area contributed by atoms with Gasteiger partial charge < -0.3 is 14.8 Å². The van der Waals surface area contributed by atoms with Gasteiger partial charge in [0, 0.05) is 11.6 Å². The van der Waals surface area contributed by atoms with Gasteiger partial charge in [-0.1, -0.05) is 29.8 Å². The predicted molar refractivity (Wildman–Crippen MR) is 118 cm³/mol. The molecule has 0 saturated carbocycles. The van der Waals surface area contributed by atoms with Gasteiger partial charge in [-0.05, 0) is 61.5 Å². The van der Waals surface area contributed by atoms with Crippen LogP contribution in [0.3, 0.4) is 0 Å². The Morgan fingerprint density at radius 3 is 2.73 bits per heavy atom. The van der Waals surface area contributed by atoms with Crippen LogP contribution in [-0.2, 0) is 4.79 Å². The Morgan fingerprint density at radius 2 is 1.97 bits per heavy atom. The van der Waals surface area contributed by atoms with Crippen molar-refractivity contribution in [1.29, 1.82) is 0 Å². The Balaban J connectivity index is 1.56. The summed E-state index contributed by atoms with van der Waals surface area (Å²) in [6.45, 7) is 4.00. The molecule has 0 bridgehead atoms. The molecule has 1 aliphatic heterocycles. The number of benzene rings is 2. The lowest BCUT2D eigenvalue weighted by Crippen LogP contribution is -2.19. The molecule has 1 saturated heterocycles. The molecule has 1 amide bonds. The number of hydrogen-bond acceptors (Lipinski definition) is 5. The number of amidine groups is 1. The van der Waals surface area contributed by atoms with E-state index in [1.807, 2.05) is 32.0 Å². The maximum atomic E-state index is 12.3. The van der Waals surface area contributed by atoms with Crippen molar-refractivity contribution in [2.45, 2.75) is 13.8 Å². The summed E-state index contributed by atoms with van der Waals surface area (Å²) in [5, 5.41) is 12.4. The molecule has 2 aromatic carbocycles. The molecular weight excluding hydrogens is 400 g/mol. The van der Waals surface area contributed by atoms with Crippen LogP contribution in [0.25, 0.3) is 17.4 Å². The highest BCUT2D eigenvalue weighted by atomic mass is 32.2. The third-order valence-electron chi connectivity index (χ3n) is 4.52. The highest BCUT2D eigenvalue weighted by molar-refractivity contribution is 8.18. The van der Waals surface area contributed by atoms with E-state index in [0.29, 0.717) is 27.2 Å². The van der Waals surface area contributed by atoms with Crippen LogP contribution in [0.2, 0.25) is 0 Å². The molecule has 0 radical (unpaired) electrons. The molecule has 1 aromatic heterocycles. The summed E-state index contributed by atoms with van der Waals surface area (Å²) in [4.78, 5) is 28.5.